The molecule has 1 aliphatic rings. The Bertz CT molecular complexity index is 928. The van der Waals surface area contributed by atoms with Crippen LogP contribution in [0.15, 0.2) is 24.3 Å². The predicted octanol–water partition coefficient (Wildman–Crippen LogP) is 1.68. The van der Waals surface area contributed by atoms with Crippen molar-refractivity contribution in [2.75, 3.05) is 6.61 Å². The summed E-state index contributed by atoms with van der Waals surface area (Å²) < 4.78 is 27.6. The minimum Gasteiger partial charge on any atom is -0.482 e. The van der Waals surface area contributed by atoms with Gasteiger partial charge in [0.15, 0.2) is 29.9 Å². The van der Waals surface area contributed by atoms with E-state index in [0.29, 0.717) is 5.56 Å². The molecule has 0 N–H and O–H groups in total. The Morgan fingerprint density at radius 3 is 1.88 bits per heavy atom. The number of thiol groups is 1. The number of carbonyl (C=O) groups excluding carboxylic acids is 5. The van der Waals surface area contributed by atoms with Gasteiger partial charge in [0.1, 0.15) is 18.5 Å². The van der Waals surface area contributed by atoms with Crippen molar-refractivity contribution in [2.45, 2.75) is 64.0 Å². The molecule has 5 atom stereocenters. The van der Waals surface area contributed by atoms with Gasteiger partial charge < -0.3 is 23.7 Å². The quantitative estimate of drug-likeness (QED) is 0.253. The van der Waals surface area contributed by atoms with Gasteiger partial charge in [0.2, 0.25) is 4.93 Å². The molecule has 0 bridgehead atoms. The molecule has 10 nitrogen and oxygen atoms in total. The molecule has 0 unspecified atom stereocenters. The lowest BCUT2D eigenvalue weighted by Crippen LogP contribution is -2.68. The smallest absolute Gasteiger partial charge is 0.303 e. The summed E-state index contributed by atoms with van der Waals surface area (Å²) in [4.78, 5) is 57.3. The maximum atomic E-state index is 12.6. The van der Waals surface area contributed by atoms with Crippen LogP contribution in [0.4, 0.5) is 0 Å². The summed E-state index contributed by atoms with van der Waals surface area (Å²) in [5, 5.41) is 0. The normalized spacial score (nSPS) is 26.6. The van der Waals surface area contributed by atoms with Gasteiger partial charge in [-0.25, -0.2) is 0 Å². The zero-order valence-corrected chi connectivity index (χ0v) is 19.8. The molecule has 0 amide bonds. The molecule has 0 aliphatic carbocycles. The fraction of sp³-hybridized carbons (Fsp3) is 0.500. The van der Waals surface area contributed by atoms with E-state index < -0.39 is 59.6 Å². The number of ketones is 2. The second-order valence-electron chi connectivity index (χ2n) is 7.48. The monoisotopic (exact) mass is 482 g/mol. The molecule has 33 heavy (non-hydrogen) atoms. The lowest BCUT2D eigenvalue weighted by molar-refractivity contribution is -0.246. The van der Waals surface area contributed by atoms with Crippen LogP contribution < -0.4 is 4.74 Å². The van der Waals surface area contributed by atoms with Crippen molar-refractivity contribution in [3.8, 4) is 5.75 Å². The number of carbonyl (C=O) groups is 5. The topological polar surface area (TPSA) is 132 Å². The van der Waals surface area contributed by atoms with Crippen LogP contribution in [0, 0.1) is 0 Å². The Morgan fingerprint density at radius 2 is 1.42 bits per heavy atom. The largest absolute Gasteiger partial charge is 0.482 e. The average Bonchev–Trinajstić information content (AvgIpc) is 2.71. The van der Waals surface area contributed by atoms with E-state index in [-0.39, 0.29) is 11.5 Å². The van der Waals surface area contributed by atoms with Crippen molar-refractivity contribution >= 4 is 42.1 Å². The number of hydrogen-bond acceptors (Lipinski definition) is 11. The van der Waals surface area contributed by atoms with Gasteiger partial charge in [-0.2, -0.15) is 0 Å². The third kappa shape index (κ3) is 6.55. The summed E-state index contributed by atoms with van der Waals surface area (Å²) in [6.45, 7) is 5.64. The SMILES string of the molecule is CC(=O)OC[C@H]1O[C@](S)(C(C)=O)[C@H](Oc2ccc(C(C)=O)cc2)[C@@H](OC(C)=O)[C@H]1OC(C)=O. The maximum absolute atomic E-state index is 12.6. The van der Waals surface area contributed by atoms with Crippen LogP contribution in [0.3, 0.4) is 0 Å². The van der Waals surface area contributed by atoms with Crippen molar-refractivity contribution in [3.63, 3.8) is 0 Å². The van der Waals surface area contributed by atoms with E-state index in [0.717, 1.165) is 13.8 Å². The molecule has 0 saturated carbocycles. The molecule has 1 fully saturated rings. The van der Waals surface area contributed by atoms with Crippen LogP contribution in [-0.2, 0) is 38.1 Å². The van der Waals surface area contributed by atoms with E-state index in [1.54, 1.807) is 0 Å². The molecule has 1 saturated heterocycles. The van der Waals surface area contributed by atoms with Gasteiger partial charge in [-0.1, -0.05) is 0 Å². The zero-order chi connectivity index (χ0) is 24.9. The molecule has 0 spiro atoms. The van der Waals surface area contributed by atoms with Crippen molar-refractivity contribution in [2.24, 2.45) is 0 Å². The van der Waals surface area contributed by atoms with Crippen LogP contribution >= 0.6 is 12.6 Å². The first kappa shape index (κ1) is 26.3. The highest BCUT2D eigenvalue weighted by Gasteiger charge is 2.60. The molecular weight excluding hydrogens is 456 g/mol. The first-order chi connectivity index (χ1) is 15.3. The highest BCUT2D eigenvalue weighted by molar-refractivity contribution is 7.82. The van der Waals surface area contributed by atoms with Crippen LogP contribution in [0.25, 0.3) is 0 Å². The van der Waals surface area contributed by atoms with Gasteiger partial charge >= 0.3 is 17.9 Å². The van der Waals surface area contributed by atoms with Crippen molar-refractivity contribution in [3.05, 3.63) is 29.8 Å². The van der Waals surface area contributed by atoms with Gasteiger partial charge in [-0.3, -0.25) is 24.0 Å². The molecule has 2 rings (SSSR count). The van der Waals surface area contributed by atoms with E-state index in [1.807, 2.05) is 0 Å². The molecular formula is C22H26O10S. The number of ether oxygens (including phenoxy) is 5. The first-order valence-corrected chi connectivity index (χ1v) is 10.5. The minimum absolute atomic E-state index is 0.157. The molecule has 1 heterocycles. The van der Waals surface area contributed by atoms with Crippen molar-refractivity contribution in [1.82, 2.24) is 0 Å². The Morgan fingerprint density at radius 1 is 0.879 bits per heavy atom. The second-order valence-corrected chi connectivity index (χ2v) is 8.14. The summed E-state index contributed by atoms with van der Waals surface area (Å²) in [6.07, 6.45) is -5.20. The van der Waals surface area contributed by atoms with Gasteiger partial charge in [-0.15, -0.1) is 12.6 Å². The van der Waals surface area contributed by atoms with Gasteiger partial charge in [-0.05, 0) is 38.1 Å². The number of rotatable bonds is 8. The molecule has 1 aromatic rings. The fourth-order valence-electron chi connectivity index (χ4n) is 3.30. The Labute approximate surface area is 196 Å². The number of esters is 3. The van der Waals surface area contributed by atoms with Gasteiger partial charge in [0, 0.05) is 26.3 Å². The zero-order valence-electron chi connectivity index (χ0n) is 18.9. The first-order valence-electron chi connectivity index (χ1n) is 10.0. The van der Waals surface area contributed by atoms with Gasteiger partial charge in [0.25, 0.3) is 0 Å². The lowest BCUT2D eigenvalue weighted by atomic mass is 9.91. The van der Waals surface area contributed by atoms with E-state index in [2.05, 4.69) is 12.6 Å². The Hall–Kier alpha value is -2.92. The molecule has 1 aromatic carbocycles. The summed E-state index contributed by atoms with van der Waals surface area (Å²) in [5.41, 5.74) is 0.432. The van der Waals surface area contributed by atoms with Crippen LogP contribution in [-0.4, -0.2) is 65.4 Å². The summed E-state index contributed by atoms with van der Waals surface area (Å²) in [7, 11) is 0. The molecule has 0 radical (unpaired) electrons. The van der Waals surface area contributed by atoms with Crippen LogP contribution in [0.2, 0.25) is 0 Å². The van der Waals surface area contributed by atoms with E-state index in [9.17, 15) is 24.0 Å². The maximum Gasteiger partial charge on any atom is 0.303 e. The third-order valence-electron chi connectivity index (χ3n) is 4.79. The second kappa shape index (κ2) is 10.8. The van der Waals surface area contributed by atoms with Crippen LogP contribution in [0.5, 0.6) is 5.75 Å². The molecule has 11 heteroatoms. The number of Topliss-reactive ketones (excluding diaryl/α,β-unsaturated/α-hetero) is 2. The predicted molar refractivity (Wildman–Crippen MR) is 116 cm³/mol. The van der Waals surface area contributed by atoms with Gasteiger partial charge in [0.05, 0.1) is 0 Å². The van der Waals surface area contributed by atoms with E-state index in [1.165, 1.54) is 45.0 Å². The highest BCUT2D eigenvalue weighted by Crippen LogP contribution is 2.39. The number of benzene rings is 1. The fourth-order valence-corrected chi connectivity index (χ4v) is 3.63. The molecule has 0 aromatic heterocycles. The molecule has 1 aliphatic heterocycles. The summed E-state index contributed by atoms with van der Waals surface area (Å²) in [5.74, 6) is -2.65. The van der Waals surface area contributed by atoms with E-state index in [4.69, 9.17) is 23.7 Å². The standard InChI is InChI=1S/C22H26O10S/c1-11(23)16-6-8-17(9-7-16)31-21-20(30-15(5)27)19(29-14(4)26)18(10-28-13(3)25)32-22(21,33)12(2)24/h6-9,18-21,33H,10H2,1-5H3/t18-,19+,20+,21-,22+/m1/s1. The number of hydrogen-bond donors (Lipinski definition) is 1. The summed E-state index contributed by atoms with van der Waals surface area (Å²) >= 11 is 4.42. The lowest BCUT2D eigenvalue weighted by Gasteiger charge is -2.48. The molecule has 180 valence electrons. The Balaban J connectivity index is 2.53. The van der Waals surface area contributed by atoms with Crippen molar-refractivity contribution in [1.29, 1.82) is 0 Å². The Kier molecular flexibility index (Phi) is 8.62. The third-order valence-corrected chi connectivity index (χ3v) is 5.46. The van der Waals surface area contributed by atoms with Crippen molar-refractivity contribution < 1.29 is 47.7 Å². The highest BCUT2D eigenvalue weighted by atomic mass is 32.1. The van der Waals surface area contributed by atoms with Crippen LogP contribution in [0.1, 0.15) is 45.0 Å². The van der Waals surface area contributed by atoms with E-state index >= 15 is 0 Å². The minimum atomic E-state index is -1.97. The summed E-state index contributed by atoms with van der Waals surface area (Å²) in [6, 6.07) is 6.01. The average molecular weight is 483 g/mol.